The molecule has 3 aromatic carbocycles. The number of ether oxygens (including phenoxy) is 3. The van der Waals surface area contributed by atoms with E-state index < -0.39 is 47.3 Å². The zero-order valence-electron chi connectivity index (χ0n) is 46.6. The van der Waals surface area contributed by atoms with Crippen LogP contribution in [0.2, 0.25) is 0 Å². The van der Waals surface area contributed by atoms with Gasteiger partial charge in [0.1, 0.15) is 17.2 Å². The first-order valence-corrected chi connectivity index (χ1v) is 34.2. The number of piperidine rings is 9. The number of benzene rings is 3. The number of hydrogen-bond acceptors (Lipinski definition) is 14. The van der Waals surface area contributed by atoms with Crippen LogP contribution in [0.4, 0.5) is 0 Å². The van der Waals surface area contributed by atoms with Crippen LogP contribution < -0.4 is 14.2 Å². The molecule has 3 unspecified atom stereocenters. The van der Waals surface area contributed by atoms with Crippen molar-refractivity contribution in [1.82, 2.24) is 29.7 Å². The number of aliphatic hydroxyl groups is 3. The van der Waals surface area contributed by atoms with Gasteiger partial charge in [-0.05, 0) is 183 Å². The fourth-order valence-corrected chi connectivity index (χ4v) is 13.3. The van der Waals surface area contributed by atoms with Crippen molar-refractivity contribution in [1.29, 1.82) is 0 Å². The van der Waals surface area contributed by atoms with Crippen LogP contribution in [0.5, 0.6) is 17.2 Å². The van der Waals surface area contributed by atoms with Crippen molar-refractivity contribution in [3.63, 3.8) is 0 Å². The van der Waals surface area contributed by atoms with Crippen LogP contribution in [-0.4, -0.2) is 177 Å². The second-order valence-corrected chi connectivity index (χ2v) is 26.3. The summed E-state index contributed by atoms with van der Waals surface area (Å²) in [6.07, 6.45) is 16.9. The zero-order valence-corrected chi connectivity index (χ0v) is 50.3. The molecule has 6 aromatic rings. The standard InChI is InChI=1S/3C20H24N2O2.2AsH3O4/c3*1-3-13-12-22-9-7-14(13)10-19(22)20(23)16-6-8-21-18-5-4-15(24-2)11-17(16)18;2*2-1(3,4)5/h3*3-6,8,11,13-14,19-20,23H,1,7,9-10,12H2,2H3;2*(H3,2,3,4,5)/t3*13-,14-,19-,20+;;/m000../s1. The summed E-state index contributed by atoms with van der Waals surface area (Å²) in [7, 11) is 4.98. The van der Waals surface area contributed by atoms with E-state index in [1.807, 2.05) is 72.8 Å². The van der Waals surface area contributed by atoms with Crippen molar-refractivity contribution in [2.45, 2.75) is 75.0 Å². The first-order chi connectivity index (χ1) is 39.1. The van der Waals surface area contributed by atoms with Gasteiger partial charge >= 0.3 is 61.1 Å². The Balaban J connectivity index is 0.000000148. The Morgan fingerprint density at radius 2 is 0.732 bits per heavy atom. The molecular weight excluding hydrogens is 1180 g/mol. The fourth-order valence-electron chi connectivity index (χ4n) is 13.3. The fraction of sp³-hybridized carbons (Fsp3) is 0.450. The molecule has 9 aliphatic heterocycles. The molecule has 9 N–H and O–H groups in total. The van der Waals surface area contributed by atoms with E-state index in [4.69, 9.17) is 46.3 Å². The summed E-state index contributed by atoms with van der Waals surface area (Å²) in [6, 6.07) is 23.9. The molecule has 0 spiro atoms. The summed E-state index contributed by atoms with van der Waals surface area (Å²) in [4.78, 5) is 20.6. The third-order valence-corrected chi connectivity index (χ3v) is 17.5. The minimum absolute atomic E-state index is 0.178. The summed E-state index contributed by atoms with van der Waals surface area (Å²) < 4.78 is 77.4. The number of rotatable bonds is 12. The summed E-state index contributed by atoms with van der Waals surface area (Å²) in [6.45, 7) is 18.2. The molecule has 15 rings (SSSR count). The Bertz CT molecular complexity index is 2930. The quantitative estimate of drug-likeness (QED) is 0.0564. The number of aromatic nitrogens is 3. The number of aliphatic hydroxyl groups excluding tert-OH is 3. The predicted molar refractivity (Wildman–Crippen MR) is 311 cm³/mol. The van der Waals surface area contributed by atoms with Crippen LogP contribution in [0, 0.1) is 35.5 Å². The molecule has 3 aromatic heterocycles. The molecule has 9 aliphatic rings. The average molecular weight is 1260 g/mol. The second-order valence-electron chi connectivity index (χ2n) is 21.9. The molecule has 0 saturated carbocycles. The number of methoxy groups -OCH3 is 3. The summed E-state index contributed by atoms with van der Waals surface area (Å²) in [5.41, 5.74) is 5.54. The van der Waals surface area contributed by atoms with E-state index in [9.17, 15) is 15.3 Å². The van der Waals surface area contributed by atoms with E-state index in [-0.39, 0.29) is 18.1 Å². The van der Waals surface area contributed by atoms with Gasteiger partial charge in [-0.3, -0.25) is 29.7 Å². The molecular formula is C60H78As2N6O14. The maximum absolute atomic E-state index is 11.2. The SMILES string of the molecule is C=C[C@H]1CN2CC[C@H]1C[C@H]2[C@H](O)c1ccnc2ccc(OC)cc12.C=C[C@H]1CN2CC[C@H]1C[C@H]2[C@H](O)c1ccnc2ccc(OC)cc12.C=C[C@H]1CN2CC[C@H]1C[C@H]2[C@H](O)c1ccnc2ccc(OC)cc12.O=[As](O)(O)O.O=[As](O)(O)O. The molecule has 82 heavy (non-hydrogen) atoms. The van der Waals surface area contributed by atoms with Gasteiger partial charge in [0, 0.05) is 72.5 Å². The Hall–Kier alpha value is -5.25. The Morgan fingerprint density at radius 3 is 0.939 bits per heavy atom. The van der Waals surface area contributed by atoms with Crippen LogP contribution in [0.25, 0.3) is 32.7 Å². The monoisotopic (exact) mass is 1260 g/mol. The molecule has 15 atom stereocenters. The molecule has 9 saturated heterocycles. The molecule has 0 amide bonds. The molecule has 6 bridgehead atoms. The summed E-state index contributed by atoms with van der Waals surface area (Å²) in [5.74, 6) is 6.02. The summed E-state index contributed by atoms with van der Waals surface area (Å²) in [5, 5.41) is 36.4. The number of pyridine rings is 3. The van der Waals surface area contributed by atoms with Crippen molar-refractivity contribution in [3.8, 4) is 17.2 Å². The van der Waals surface area contributed by atoms with Gasteiger partial charge in [0.15, 0.2) is 0 Å². The second kappa shape index (κ2) is 27.6. The number of nitrogens with zero attached hydrogens (tertiary/aromatic N) is 6. The van der Waals surface area contributed by atoms with Crippen LogP contribution >= 0.6 is 0 Å². The maximum atomic E-state index is 11.2. The minimum atomic E-state index is -5.12. The van der Waals surface area contributed by atoms with E-state index in [2.05, 4.69) is 67.6 Å². The molecule has 12 heterocycles. The van der Waals surface area contributed by atoms with E-state index in [1.165, 1.54) is 19.3 Å². The van der Waals surface area contributed by atoms with Crippen LogP contribution in [-0.2, 0) is 7.48 Å². The molecule has 0 aliphatic carbocycles. The van der Waals surface area contributed by atoms with Crippen LogP contribution in [0.3, 0.4) is 0 Å². The van der Waals surface area contributed by atoms with Crippen molar-refractivity contribution >= 4 is 61.7 Å². The Labute approximate surface area is 484 Å². The van der Waals surface area contributed by atoms with Crippen molar-refractivity contribution in [2.75, 3.05) is 60.6 Å². The molecule has 20 nitrogen and oxygen atoms in total. The van der Waals surface area contributed by atoms with Crippen LogP contribution in [0.1, 0.15) is 73.5 Å². The topological polar surface area (TPSA) is 292 Å². The van der Waals surface area contributed by atoms with Gasteiger partial charge in [0.25, 0.3) is 0 Å². The van der Waals surface area contributed by atoms with Gasteiger partial charge in [-0.1, -0.05) is 18.2 Å². The Morgan fingerprint density at radius 1 is 0.476 bits per heavy atom. The molecule has 22 heteroatoms. The number of fused-ring (bicyclic) bond motifs is 12. The van der Waals surface area contributed by atoms with E-state index in [0.717, 1.165) is 125 Å². The van der Waals surface area contributed by atoms with E-state index >= 15 is 0 Å². The molecule has 0 radical (unpaired) electrons. The van der Waals surface area contributed by atoms with Crippen molar-refractivity contribution in [3.05, 3.63) is 146 Å². The van der Waals surface area contributed by atoms with Gasteiger partial charge in [-0.15, -0.1) is 19.7 Å². The van der Waals surface area contributed by atoms with Gasteiger partial charge in [-0.25, -0.2) is 0 Å². The van der Waals surface area contributed by atoms with Gasteiger partial charge in [0.2, 0.25) is 0 Å². The molecule has 9 fully saturated rings. The van der Waals surface area contributed by atoms with E-state index in [0.29, 0.717) is 35.5 Å². The van der Waals surface area contributed by atoms with Crippen LogP contribution in [0.15, 0.2) is 129 Å². The third kappa shape index (κ3) is 15.3. The third-order valence-electron chi connectivity index (χ3n) is 17.5. The Kier molecular flexibility index (Phi) is 21.2. The van der Waals surface area contributed by atoms with Gasteiger partial charge < -0.3 is 29.5 Å². The van der Waals surface area contributed by atoms with E-state index in [1.54, 1.807) is 39.9 Å². The normalized spacial score (nSPS) is 28.0. The zero-order chi connectivity index (χ0) is 59.0. The van der Waals surface area contributed by atoms with Crippen molar-refractivity contribution in [2.24, 2.45) is 35.5 Å². The van der Waals surface area contributed by atoms with Crippen molar-refractivity contribution < 1.29 is 61.6 Å². The number of hydrogen-bond donors (Lipinski definition) is 9. The predicted octanol–water partition coefficient (Wildman–Crippen LogP) is 5.18. The van der Waals surface area contributed by atoms with Gasteiger partial charge in [-0.2, -0.15) is 0 Å². The molecule has 442 valence electrons. The first-order valence-electron chi connectivity index (χ1n) is 27.6. The van der Waals surface area contributed by atoms with Gasteiger partial charge in [0.05, 0.1) is 56.2 Å². The average Bonchev–Trinajstić information content (AvgIpc) is 3.15. The first kappa shape index (κ1) is 62.8. The summed E-state index contributed by atoms with van der Waals surface area (Å²) >= 11 is -10.2.